The van der Waals surface area contributed by atoms with Crippen LogP contribution in [0.2, 0.25) is 0 Å². The second-order valence-electron chi connectivity index (χ2n) is 6.71. The lowest BCUT2D eigenvalue weighted by Crippen LogP contribution is -2.25. The molecule has 2 aromatic carbocycles. The number of carboxylic acid groups (broad SMARTS) is 1. The van der Waals surface area contributed by atoms with Gasteiger partial charge in [-0.25, -0.2) is 32.3 Å². The minimum Gasteiger partial charge on any atom is -0.478 e. The van der Waals surface area contributed by atoms with Crippen LogP contribution in [0.1, 0.15) is 22.3 Å². The molecule has 33 heavy (non-hydrogen) atoms. The van der Waals surface area contributed by atoms with Crippen molar-refractivity contribution in [3.63, 3.8) is 0 Å². The minimum atomic E-state index is -3.43. The molecule has 4 N–H and O–H groups in total. The number of aromatic nitrogens is 2. The molecular weight excluding hydrogens is 451 g/mol. The summed E-state index contributed by atoms with van der Waals surface area (Å²) in [6.07, 6.45) is 3.03. The van der Waals surface area contributed by atoms with Gasteiger partial charge in [0.05, 0.1) is 10.5 Å². The van der Waals surface area contributed by atoms with Crippen molar-refractivity contribution in [2.45, 2.75) is 17.9 Å². The summed E-state index contributed by atoms with van der Waals surface area (Å²) in [7, 11) is -1.85. The third-order valence-electron chi connectivity index (χ3n) is 4.24. The van der Waals surface area contributed by atoms with Gasteiger partial charge < -0.3 is 15.6 Å². The first-order valence-electron chi connectivity index (χ1n) is 9.85. The van der Waals surface area contributed by atoms with Gasteiger partial charge in [-0.05, 0) is 36.2 Å². The summed E-state index contributed by atoms with van der Waals surface area (Å²) in [5.41, 5.74) is 6.78. The fourth-order valence-corrected chi connectivity index (χ4v) is 3.71. The van der Waals surface area contributed by atoms with Crippen LogP contribution in [0, 0.1) is 5.82 Å². The van der Waals surface area contributed by atoms with Gasteiger partial charge in [0.2, 0.25) is 10.0 Å². The maximum Gasteiger partial charge on any atom is 0.338 e. The summed E-state index contributed by atoms with van der Waals surface area (Å²) in [6.45, 7) is 1.22. The van der Waals surface area contributed by atoms with E-state index in [0.717, 1.165) is 5.56 Å². The predicted octanol–water partition coefficient (Wildman–Crippen LogP) is 2.44. The van der Waals surface area contributed by atoms with Crippen molar-refractivity contribution in [2.75, 3.05) is 20.3 Å². The van der Waals surface area contributed by atoms with Crippen molar-refractivity contribution in [2.24, 2.45) is 5.73 Å². The minimum absolute atomic E-state index is 0.000142. The number of carboxylic acids is 1. The van der Waals surface area contributed by atoms with Crippen LogP contribution in [-0.2, 0) is 21.3 Å². The molecule has 11 heteroatoms. The van der Waals surface area contributed by atoms with Gasteiger partial charge in [-0.15, -0.1) is 0 Å². The van der Waals surface area contributed by atoms with Crippen molar-refractivity contribution in [1.82, 2.24) is 14.7 Å². The predicted molar refractivity (Wildman–Crippen MR) is 120 cm³/mol. The Morgan fingerprint density at radius 1 is 1.15 bits per heavy atom. The number of nitrogens with zero attached hydrogens (tertiary/aromatic N) is 2. The monoisotopic (exact) mass is 476 g/mol. The molecule has 3 rings (SSSR count). The fraction of sp³-hybridized carbons (Fsp3) is 0.227. The van der Waals surface area contributed by atoms with E-state index in [1.807, 2.05) is 0 Å². The largest absolute Gasteiger partial charge is 0.478 e. The smallest absolute Gasteiger partial charge is 0.338 e. The molecule has 1 aromatic heterocycles. The molecule has 0 amide bonds. The Hall–Kier alpha value is -3.25. The van der Waals surface area contributed by atoms with Gasteiger partial charge in [-0.3, -0.25) is 0 Å². The van der Waals surface area contributed by atoms with E-state index in [9.17, 15) is 17.6 Å². The molecular formula is C22H25FN4O5S. The van der Waals surface area contributed by atoms with Crippen molar-refractivity contribution >= 4 is 16.0 Å². The van der Waals surface area contributed by atoms with E-state index in [1.54, 1.807) is 43.5 Å². The Bertz CT molecular complexity index is 1160. The van der Waals surface area contributed by atoms with Crippen LogP contribution >= 0.6 is 0 Å². The molecule has 1 heterocycles. The van der Waals surface area contributed by atoms with Gasteiger partial charge in [0.1, 0.15) is 5.82 Å². The van der Waals surface area contributed by atoms with E-state index in [2.05, 4.69) is 14.7 Å². The molecule has 9 nitrogen and oxygen atoms in total. The number of nitrogens with one attached hydrogen (secondary N) is 1. The van der Waals surface area contributed by atoms with Crippen LogP contribution < -0.4 is 10.5 Å². The van der Waals surface area contributed by atoms with E-state index >= 15 is 0 Å². The number of aromatic carboxylic acids is 1. The maximum atomic E-state index is 12.9. The zero-order valence-corrected chi connectivity index (χ0v) is 18.8. The summed E-state index contributed by atoms with van der Waals surface area (Å²) >= 11 is 0. The summed E-state index contributed by atoms with van der Waals surface area (Å²) in [4.78, 5) is 18.5. The van der Waals surface area contributed by atoms with Gasteiger partial charge in [-0.2, -0.15) is 0 Å². The maximum absolute atomic E-state index is 12.9. The number of nitrogens with two attached hydrogens (primary N) is 1. The molecule has 3 aromatic rings. The Kier molecular flexibility index (Phi) is 10.0. The first-order chi connectivity index (χ1) is 15.8. The van der Waals surface area contributed by atoms with Gasteiger partial charge in [0, 0.05) is 44.8 Å². The highest BCUT2D eigenvalue weighted by Crippen LogP contribution is 2.15. The highest BCUT2D eigenvalue weighted by molar-refractivity contribution is 7.89. The second-order valence-corrected chi connectivity index (χ2v) is 8.47. The molecule has 0 fully saturated rings. The topological polar surface area (TPSA) is 144 Å². The lowest BCUT2D eigenvalue weighted by molar-refractivity contribution is 0.0696. The van der Waals surface area contributed by atoms with Crippen LogP contribution in [0.15, 0.2) is 65.8 Å². The van der Waals surface area contributed by atoms with Crippen molar-refractivity contribution in [3.05, 3.63) is 77.9 Å². The summed E-state index contributed by atoms with van der Waals surface area (Å²) in [6, 6.07) is 12.4. The Balaban J connectivity index is 0.000000234. The summed E-state index contributed by atoms with van der Waals surface area (Å²) in [5, 5.41) is 8.65. The SMILES string of the molecule is COCCCNS(=O)(=O)c1cccc(CN)c1.O=C(O)c1cnc(-c2cccc(F)c2)nc1. The van der Waals surface area contributed by atoms with Crippen LogP contribution in [0.4, 0.5) is 4.39 Å². The third-order valence-corrected chi connectivity index (χ3v) is 5.70. The molecule has 0 spiro atoms. The summed E-state index contributed by atoms with van der Waals surface area (Å²) < 4.78 is 44.0. The van der Waals surface area contributed by atoms with E-state index in [4.69, 9.17) is 15.6 Å². The second kappa shape index (κ2) is 12.7. The van der Waals surface area contributed by atoms with Gasteiger partial charge in [-0.1, -0.05) is 24.3 Å². The van der Waals surface area contributed by atoms with E-state index in [0.29, 0.717) is 37.5 Å². The Labute approximate surface area is 191 Å². The van der Waals surface area contributed by atoms with Gasteiger partial charge in [0.15, 0.2) is 5.82 Å². The molecule has 176 valence electrons. The fourth-order valence-electron chi connectivity index (χ4n) is 2.56. The normalized spacial score (nSPS) is 10.9. The highest BCUT2D eigenvalue weighted by atomic mass is 32.2. The molecule has 0 radical (unpaired) electrons. The molecule has 0 bridgehead atoms. The van der Waals surface area contributed by atoms with Gasteiger partial charge in [0.25, 0.3) is 0 Å². The number of rotatable bonds is 9. The zero-order chi connectivity index (χ0) is 24.3. The quantitative estimate of drug-likeness (QED) is 0.399. The number of methoxy groups -OCH3 is 1. The van der Waals surface area contributed by atoms with Crippen molar-refractivity contribution < 1.29 is 27.4 Å². The molecule has 0 saturated heterocycles. The van der Waals surface area contributed by atoms with E-state index < -0.39 is 16.0 Å². The number of benzene rings is 2. The lowest BCUT2D eigenvalue weighted by Gasteiger charge is -2.07. The number of hydrogen-bond donors (Lipinski definition) is 3. The lowest BCUT2D eigenvalue weighted by atomic mass is 10.2. The average Bonchev–Trinajstić information content (AvgIpc) is 2.82. The zero-order valence-electron chi connectivity index (χ0n) is 17.9. The number of ether oxygens (including phenoxy) is 1. The van der Waals surface area contributed by atoms with Crippen LogP contribution in [0.5, 0.6) is 0 Å². The first-order valence-corrected chi connectivity index (χ1v) is 11.3. The molecule has 0 aliphatic carbocycles. The Morgan fingerprint density at radius 2 is 1.85 bits per heavy atom. The van der Waals surface area contributed by atoms with Crippen LogP contribution in [-0.4, -0.2) is 49.7 Å². The van der Waals surface area contributed by atoms with Crippen molar-refractivity contribution in [1.29, 1.82) is 0 Å². The molecule has 0 aliphatic heterocycles. The average molecular weight is 477 g/mol. The highest BCUT2D eigenvalue weighted by Gasteiger charge is 2.13. The van der Waals surface area contributed by atoms with E-state index in [-0.39, 0.29) is 16.3 Å². The number of carbonyl (C=O) groups is 1. The number of sulfonamides is 1. The van der Waals surface area contributed by atoms with Gasteiger partial charge >= 0.3 is 5.97 Å². The number of hydrogen-bond acceptors (Lipinski definition) is 7. The van der Waals surface area contributed by atoms with E-state index in [1.165, 1.54) is 24.5 Å². The summed E-state index contributed by atoms with van der Waals surface area (Å²) in [5.74, 6) is -1.18. The molecule has 0 atom stereocenters. The third kappa shape index (κ3) is 8.31. The molecule has 0 unspecified atom stereocenters. The van der Waals surface area contributed by atoms with Crippen LogP contribution in [0.25, 0.3) is 11.4 Å². The number of halogens is 1. The molecule has 0 aliphatic rings. The first kappa shape index (κ1) is 26.0. The Morgan fingerprint density at radius 3 is 2.45 bits per heavy atom. The van der Waals surface area contributed by atoms with Crippen molar-refractivity contribution in [3.8, 4) is 11.4 Å². The standard InChI is InChI=1S/C11H7FN2O2.C11H18N2O3S/c12-9-3-1-2-7(4-9)10-13-5-8(6-14-10)11(15)16;1-16-7-3-6-13-17(14,15)11-5-2-4-10(8-11)9-12/h1-6H,(H,15,16);2,4-5,8,13H,3,6-7,9,12H2,1H3. The molecule has 0 saturated carbocycles. The van der Waals surface area contributed by atoms with Crippen LogP contribution in [0.3, 0.4) is 0 Å².